The van der Waals surface area contributed by atoms with Crippen LogP contribution in [0, 0.1) is 19.8 Å². The molecule has 1 atom stereocenters. The minimum Gasteiger partial charge on any atom is -0.347 e. The van der Waals surface area contributed by atoms with Gasteiger partial charge in [0.05, 0.1) is 0 Å². The minimum atomic E-state index is 0.155. The molecule has 1 aliphatic heterocycles. The van der Waals surface area contributed by atoms with E-state index in [9.17, 15) is 4.79 Å². The second-order valence-electron chi connectivity index (χ2n) is 7.45. The van der Waals surface area contributed by atoms with Crippen molar-refractivity contribution >= 4 is 16.8 Å². The second kappa shape index (κ2) is 5.92. The van der Waals surface area contributed by atoms with E-state index in [2.05, 4.69) is 47.8 Å². The summed E-state index contributed by atoms with van der Waals surface area (Å²) in [6, 6.07) is 4.62. The Kier molecular flexibility index (Phi) is 3.87. The van der Waals surface area contributed by atoms with Crippen molar-refractivity contribution < 1.29 is 4.79 Å². The maximum atomic E-state index is 12.9. The number of nitrogens with zero attached hydrogens (tertiary/aromatic N) is 2. The zero-order valence-corrected chi connectivity index (χ0v) is 15.0. The number of aryl methyl sites for hydroxylation is 3. The fourth-order valence-electron chi connectivity index (χ4n) is 4.38. The highest BCUT2D eigenvalue weighted by molar-refractivity contribution is 5.89. The van der Waals surface area contributed by atoms with E-state index in [0.29, 0.717) is 5.91 Å². The van der Waals surface area contributed by atoms with Crippen molar-refractivity contribution in [3.8, 4) is 0 Å². The molecule has 4 heteroatoms. The first-order valence-corrected chi connectivity index (χ1v) is 9.13. The van der Waals surface area contributed by atoms with E-state index in [1.54, 1.807) is 0 Å². The summed E-state index contributed by atoms with van der Waals surface area (Å²) in [5, 5.41) is 4.68. The third-order valence-corrected chi connectivity index (χ3v) is 6.01. The van der Waals surface area contributed by atoms with Crippen LogP contribution >= 0.6 is 0 Å². The van der Waals surface area contributed by atoms with Gasteiger partial charge in [0.25, 0.3) is 0 Å². The lowest BCUT2D eigenvalue weighted by Gasteiger charge is -2.32. The van der Waals surface area contributed by atoms with E-state index in [1.807, 2.05) is 0 Å². The minimum absolute atomic E-state index is 0.155. The molecule has 1 aliphatic carbocycles. The van der Waals surface area contributed by atoms with Gasteiger partial charge in [-0.15, -0.1) is 0 Å². The summed E-state index contributed by atoms with van der Waals surface area (Å²) in [6.45, 7) is 7.93. The van der Waals surface area contributed by atoms with Crippen molar-refractivity contribution in [2.45, 2.75) is 33.1 Å². The first-order chi connectivity index (χ1) is 11.6. The summed E-state index contributed by atoms with van der Waals surface area (Å²) in [5.74, 6) is 0.519. The molecule has 2 aromatic rings. The number of hydrogen-bond acceptors (Lipinski definition) is 2. The summed E-state index contributed by atoms with van der Waals surface area (Å²) < 4.78 is 2.35. The fraction of sp³-hybridized carbons (Fsp3) is 0.550. The van der Waals surface area contributed by atoms with E-state index in [1.165, 1.54) is 33.3 Å². The maximum absolute atomic E-state index is 12.9. The Hall–Kier alpha value is -1.81. The molecule has 2 aliphatic rings. The number of aromatic nitrogens is 1. The lowest BCUT2D eigenvalue weighted by molar-refractivity contribution is -0.136. The number of rotatable bonds is 1. The molecule has 0 saturated carbocycles. The van der Waals surface area contributed by atoms with Gasteiger partial charge in [0.1, 0.15) is 0 Å². The Morgan fingerprint density at radius 3 is 2.62 bits per heavy atom. The number of piperazine rings is 1. The smallest absolute Gasteiger partial charge is 0.226 e. The molecule has 1 fully saturated rings. The van der Waals surface area contributed by atoms with Gasteiger partial charge in [0.15, 0.2) is 0 Å². The van der Waals surface area contributed by atoms with Crippen LogP contribution < -0.4 is 5.32 Å². The molecule has 1 unspecified atom stereocenters. The monoisotopic (exact) mass is 325 g/mol. The number of benzene rings is 1. The van der Waals surface area contributed by atoms with Crippen LogP contribution in [0.2, 0.25) is 0 Å². The van der Waals surface area contributed by atoms with Crippen molar-refractivity contribution in [2.75, 3.05) is 26.2 Å². The number of amides is 1. The first kappa shape index (κ1) is 15.7. The highest BCUT2D eigenvalue weighted by atomic mass is 16.2. The predicted octanol–water partition coefficient (Wildman–Crippen LogP) is 2.33. The van der Waals surface area contributed by atoms with Crippen LogP contribution in [0.1, 0.15) is 28.8 Å². The molecule has 1 saturated heterocycles. The molecule has 1 aromatic carbocycles. The molecule has 4 rings (SSSR count). The summed E-state index contributed by atoms with van der Waals surface area (Å²) in [7, 11) is 2.17. The first-order valence-electron chi connectivity index (χ1n) is 9.13. The van der Waals surface area contributed by atoms with Gasteiger partial charge in [0.2, 0.25) is 5.91 Å². The number of fused-ring (bicyclic) bond motifs is 3. The molecule has 0 radical (unpaired) electrons. The standard InChI is InChI=1S/C20H27N3O/c1-13-10-16-17-12-15(20(24)23-8-6-21-7-9-23)4-5-18(17)22(3)19(16)11-14(13)2/h10-11,15,21H,4-9,12H2,1-3H3. The maximum Gasteiger partial charge on any atom is 0.226 e. The van der Waals surface area contributed by atoms with Crippen molar-refractivity contribution in [3.05, 3.63) is 34.5 Å². The topological polar surface area (TPSA) is 37.3 Å². The molecule has 0 spiro atoms. The van der Waals surface area contributed by atoms with Crippen LogP contribution in [0.25, 0.3) is 10.9 Å². The highest BCUT2D eigenvalue weighted by Crippen LogP contribution is 2.35. The van der Waals surface area contributed by atoms with Gasteiger partial charge < -0.3 is 14.8 Å². The van der Waals surface area contributed by atoms with Crippen molar-refractivity contribution in [1.29, 1.82) is 0 Å². The average Bonchev–Trinajstić information content (AvgIpc) is 2.87. The quantitative estimate of drug-likeness (QED) is 0.874. The average molecular weight is 325 g/mol. The molecule has 4 nitrogen and oxygen atoms in total. The zero-order chi connectivity index (χ0) is 16.8. The summed E-state index contributed by atoms with van der Waals surface area (Å²) in [6.07, 6.45) is 2.90. The summed E-state index contributed by atoms with van der Waals surface area (Å²) in [4.78, 5) is 15.0. The fourth-order valence-corrected chi connectivity index (χ4v) is 4.38. The van der Waals surface area contributed by atoms with E-state index in [4.69, 9.17) is 0 Å². The normalized spacial score (nSPS) is 21.1. The Morgan fingerprint density at radius 1 is 1.17 bits per heavy atom. The third-order valence-electron chi connectivity index (χ3n) is 6.01. The number of carbonyl (C=O) groups excluding carboxylic acids is 1. The molecule has 0 bridgehead atoms. The van der Waals surface area contributed by atoms with Crippen LogP contribution in [-0.2, 0) is 24.7 Å². The van der Waals surface area contributed by atoms with Gasteiger partial charge in [0, 0.05) is 55.7 Å². The van der Waals surface area contributed by atoms with Crippen LogP contribution in [0.4, 0.5) is 0 Å². The van der Waals surface area contributed by atoms with Gasteiger partial charge in [-0.25, -0.2) is 0 Å². The number of hydrogen-bond donors (Lipinski definition) is 1. The lowest BCUT2D eigenvalue weighted by atomic mass is 9.85. The third kappa shape index (κ3) is 2.44. The Bertz CT molecular complexity index is 799. The molecule has 1 aromatic heterocycles. The van der Waals surface area contributed by atoms with Crippen LogP contribution in [0.15, 0.2) is 12.1 Å². The summed E-state index contributed by atoms with van der Waals surface area (Å²) in [5.41, 5.74) is 6.84. The molecular weight excluding hydrogens is 298 g/mol. The Morgan fingerprint density at radius 2 is 1.88 bits per heavy atom. The molecule has 1 N–H and O–H groups in total. The predicted molar refractivity (Wildman–Crippen MR) is 97.4 cm³/mol. The van der Waals surface area contributed by atoms with Gasteiger partial charge in [-0.1, -0.05) is 0 Å². The van der Waals surface area contributed by atoms with E-state index in [0.717, 1.165) is 45.4 Å². The van der Waals surface area contributed by atoms with Gasteiger partial charge in [-0.3, -0.25) is 4.79 Å². The van der Waals surface area contributed by atoms with Crippen LogP contribution in [-0.4, -0.2) is 41.6 Å². The van der Waals surface area contributed by atoms with Gasteiger partial charge in [-0.2, -0.15) is 0 Å². The van der Waals surface area contributed by atoms with Crippen molar-refractivity contribution in [2.24, 2.45) is 13.0 Å². The Labute approximate surface area is 143 Å². The van der Waals surface area contributed by atoms with Crippen molar-refractivity contribution in [1.82, 2.24) is 14.8 Å². The SMILES string of the molecule is Cc1cc2c3c(n(C)c2cc1C)CCC(C(=O)N1CCNCC1)C3. The molecule has 24 heavy (non-hydrogen) atoms. The van der Waals surface area contributed by atoms with Crippen LogP contribution in [0.3, 0.4) is 0 Å². The van der Waals surface area contributed by atoms with Crippen LogP contribution in [0.5, 0.6) is 0 Å². The molecule has 1 amide bonds. The van der Waals surface area contributed by atoms with Gasteiger partial charge >= 0.3 is 0 Å². The van der Waals surface area contributed by atoms with E-state index >= 15 is 0 Å². The number of nitrogens with one attached hydrogen (secondary N) is 1. The second-order valence-corrected chi connectivity index (χ2v) is 7.45. The summed E-state index contributed by atoms with van der Waals surface area (Å²) >= 11 is 0. The lowest BCUT2D eigenvalue weighted by Crippen LogP contribution is -2.49. The molecular formula is C20H27N3O. The molecule has 2 heterocycles. The van der Waals surface area contributed by atoms with E-state index in [-0.39, 0.29) is 5.92 Å². The van der Waals surface area contributed by atoms with Crippen molar-refractivity contribution in [3.63, 3.8) is 0 Å². The largest absolute Gasteiger partial charge is 0.347 e. The Balaban J connectivity index is 1.68. The number of carbonyl (C=O) groups is 1. The van der Waals surface area contributed by atoms with E-state index < -0.39 is 0 Å². The molecule has 128 valence electrons. The van der Waals surface area contributed by atoms with Gasteiger partial charge in [-0.05, 0) is 61.9 Å². The zero-order valence-electron chi connectivity index (χ0n) is 15.0. The highest BCUT2D eigenvalue weighted by Gasteiger charge is 2.31.